The molecule has 2 aliphatic heterocycles. The third kappa shape index (κ3) is 7.06. The molecule has 11 heteroatoms. The molecule has 248 valence electrons. The monoisotopic (exact) mass is 677 g/mol. The number of carbonyl (C=O) groups excluding carboxylic acids is 3. The number of amides is 3. The second-order valence-corrected chi connectivity index (χ2v) is 13.3. The average molecular weight is 679 g/mol. The van der Waals surface area contributed by atoms with Gasteiger partial charge < -0.3 is 24.8 Å². The van der Waals surface area contributed by atoms with E-state index in [2.05, 4.69) is 16.3 Å². The zero-order valence-corrected chi connectivity index (χ0v) is 28.7. The number of nitrogens with one attached hydrogen (secondary N) is 1. The predicted molar refractivity (Wildman–Crippen MR) is 184 cm³/mol. The highest BCUT2D eigenvalue weighted by atomic mass is 35.5. The smallest absolute Gasteiger partial charge is 0.258 e. The zero-order valence-electron chi connectivity index (χ0n) is 27.2. The highest BCUT2D eigenvalue weighted by molar-refractivity contribution is 6.42. The van der Waals surface area contributed by atoms with Gasteiger partial charge in [0.05, 0.1) is 28.3 Å². The van der Waals surface area contributed by atoms with E-state index >= 15 is 0 Å². The molecule has 9 nitrogen and oxygen atoms in total. The molecule has 0 aliphatic carbocycles. The Balaban J connectivity index is 1.36. The Labute approximate surface area is 286 Å². The van der Waals surface area contributed by atoms with Gasteiger partial charge in [0.2, 0.25) is 11.8 Å². The van der Waals surface area contributed by atoms with Crippen LogP contribution in [-0.4, -0.2) is 91.9 Å². The number of halogens is 2. The van der Waals surface area contributed by atoms with Crippen LogP contribution >= 0.6 is 23.2 Å². The van der Waals surface area contributed by atoms with E-state index in [-0.39, 0.29) is 29.4 Å². The first-order valence-corrected chi connectivity index (χ1v) is 16.8. The van der Waals surface area contributed by atoms with Crippen LogP contribution in [0.25, 0.3) is 10.8 Å². The molecule has 0 aromatic heterocycles. The van der Waals surface area contributed by atoms with Gasteiger partial charge in [0, 0.05) is 52.6 Å². The quantitative estimate of drug-likeness (QED) is 0.288. The summed E-state index contributed by atoms with van der Waals surface area (Å²) < 4.78 is 5.62. The van der Waals surface area contributed by atoms with Crippen molar-refractivity contribution in [3.63, 3.8) is 0 Å². The summed E-state index contributed by atoms with van der Waals surface area (Å²) in [6, 6.07) is 17.0. The molecule has 0 saturated carbocycles. The van der Waals surface area contributed by atoms with E-state index in [9.17, 15) is 19.6 Å². The minimum absolute atomic E-state index is 0.0606. The largest absolute Gasteiger partial charge is 0.495 e. The molecule has 0 bridgehead atoms. The van der Waals surface area contributed by atoms with Crippen molar-refractivity contribution in [2.75, 3.05) is 53.9 Å². The fourth-order valence-electron chi connectivity index (χ4n) is 7.17. The van der Waals surface area contributed by atoms with E-state index < -0.39 is 5.54 Å². The number of likely N-dealkylation sites (N-methyl/N-ethyl adjacent to an activating group) is 2. The van der Waals surface area contributed by atoms with Crippen LogP contribution in [0.1, 0.15) is 65.9 Å². The van der Waals surface area contributed by atoms with E-state index in [1.165, 1.54) is 7.11 Å². The number of likely N-dealkylation sites (tertiary alicyclic amines) is 2. The molecule has 1 atom stereocenters. The standard InChI is InChI=1S/C36H41Cl2N5O4/c1-40-35(46)36(43-16-7-6-10-31(43)44)14-18-42(19-15-36)17-13-26(24-11-12-29(37)30(38)21-24)23-41(2)34(45)32-28-9-5-4-8-25(28)20-27(22-39)33(32)47-3/h4-5,8-9,11-12,20-21,26H,6-7,10,13-19,23H2,1-3H3,(H,40,46)/t26-/m1/s1. The van der Waals surface area contributed by atoms with Gasteiger partial charge in [-0.25, -0.2) is 0 Å². The van der Waals surface area contributed by atoms with Crippen LogP contribution in [0.3, 0.4) is 0 Å². The lowest BCUT2D eigenvalue weighted by atomic mass is 9.82. The van der Waals surface area contributed by atoms with E-state index in [4.69, 9.17) is 27.9 Å². The number of nitriles is 1. The van der Waals surface area contributed by atoms with E-state index in [0.29, 0.717) is 78.4 Å². The molecule has 47 heavy (non-hydrogen) atoms. The van der Waals surface area contributed by atoms with Crippen molar-refractivity contribution in [3.8, 4) is 11.8 Å². The number of piperidine rings is 2. The van der Waals surface area contributed by atoms with Crippen molar-refractivity contribution in [1.29, 1.82) is 5.26 Å². The summed E-state index contributed by atoms with van der Waals surface area (Å²) in [6.07, 6.45) is 4.11. The number of methoxy groups -OCH3 is 1. The molecule has 0 spiro atoms. The molecular weight excluding hydrogens is 637 g/mol. The summed E-state index contributed by atoms with van der Waals surface area (Å²) in [4.78, 5) is 46.1. The van der Waals surface area contributed by atoms with Crippen molar-refractivity contribution in [1.82, 2.24) is 20.0 Å². The number of carbonyl (C=O) groups is 3. The molecule has 2 fully saturated rings. The first kappa shape index (κ1) is 34.5. The highest BCUT2D eigenvalue weighted by Gasteiger charge is 2.48. The van der Waals surface area contributed by atoms with Gasteiger partial charge in [0.1, 0.15) is 17.4 Å². The van der Waals surface area contributed by atoms with Gasteiger partial charge in [-0.3, -0.25) is 14.4 Å². The van der Waals surface area contributed by atoms with Crippen molar-refractivity contribution >= 4 is 51.7 Å². The lowest BCUT2D eigenvalue weighted by Gasteiger charge is -2.48. The molecule has 3 aromatic carbocycles. The van der Waals surface area contributed by atoms with Gasteiger partial charge in [0.25, 0.3) is 5.91 Å². The Morgan fingerprint density at radius 3 is 2.49 bits per heavy atom. The number of benzene rings is 3. The first-order chi connectivity index (χ1) is 22.6. The summed E-state index contributed by atoms with van der Waals surface area (Å²) in [5.41, 5.74) is 0.787. The number of nitrogens with zero attached hydrogens (tertiary/aromatic N) is 4. The molecule has 3 aromatic rings. The fourth-order valence-corrected chi connectivity index (χ4v) is 7.47. The maximum Gasteiger partial charge on any atom is 0.258 e. The molecule has 2 aliphatic rings. The van der Waals surface area contributed by atoms with Gasteiger partial charge in [-0.2, -0.15) is 5.26 Å². The number of hydrogen-bond donors (Lipinski definition) is 1. The van der Waals surface area contributed by atoms with Gasteiger partial charge in [-0.15, -0.1) is 0 Å². The highest BCUT2D eigenvalue weighted by Crippen LogP contribution is 2.36. The van der Waals surface area contributed by atoms with Gasteiger partial charge in [-0.1, -0.05) is 53.5 Å². The topological polar surface area (TPSA) is 106 Å². The second kappa shape index (κ2) is 14.9. The first-order valence-electron chi connectivity index (χ1n) is 16.1. The molecule has 2 saturated heterocycles. The number of ether oxygens (including phenoxy) is 1. The molecule has 3 amide bonds. The van der Waals surface area contributed by atoms with Gasteiger partial charge in [0.15, 0.2) is 0 Å². The Morgan fingerprint density at radius 2 is 1.83 bits per heavy atom. The summed E-state index contributed by atoms with van der Waals surface area (Å²) in [6.45, 7) is 3.06. The minimum Gasteiger partial charge on any atom is -0.495 e. The maximum atomic E-state index is 14.1. The molecule has 2 heterocycles. The zero-order chi connectivity index (χ0) is 33.7. The van der Waals surface area contributed by atoms with E-state index in [1.807, 2.05) is 41.3 Å². The van der Waals surface area contributed by atoms with Crippen LogP contribution in [0.5, 0.6) is 5.75 Å². The predicted octanol–water partition coefficient (Wildman–Crippen LogP) is 5.87. The summed E-state index contributed by atoms with van der Waals surface area (Å²) in [7, 11) is 4.87. The molecule has 1 N–H and O–H groups in total. The normalized spacial score (nSPS) is 17.2. The average Bonchev–Trinajstić information content (AvgIpc) is 3.10. The van der Waals surface area contributed by atoms with Crippen LogP contribution in [0.2, 0.25) is 10.0 Å². The van der Waals surface area contributed by atoms with Crippen molar-refractivity contribution in [2.24, 2.45) is 0 Å². The Bertz CT molecular complexity index is 1700. The van der Waals surface area contributed by atoms with Crippen LogP contribution in [0.4, 0.5) is 0 Å². The number of hydrogen-bond acceptors (Lipinski definition) is 6. The molecule has 5 rings (SSSR count). The van der Waals surface area contributed by atoms with Gasteiger partial charge >= 0.3 is 0 Å². The fraction of sp³-hybridized carbons (Fsp3) is 0.444. The van der Waals surface area contributed by atoms with Crippen LogP contribution in [0.15, 0.2) is 48.5 Å². The summed E-state index contributed by atoms with van der Waals surface area (Å²) in [5, 5.41) is 15.0. The Hall–Kier alpha value is -3.84. The maximum absolute atomic E-state index is 14.1. The van der Waals surface area contributed by atoms with Crippen LogP contribution in [-0.2, 0) is 9.59 Å². The van der Waals surface area contributed by atoms with Crippen molar-refractivity contribution < 1.29 is 19.1 Å². The second-order valence-electron chi connectivity index (χ2n) is 12.5. The Kier molecular flexibility index (Phi) is 11.0. The summed E-state index contributed by atoms with van der Waals surface area (Å²) in [5.74, 6) is -0.117. The van der Waals surface area contributed by atoms with Crippen LogP contribution in [0, 0.1) is 11.3 Å². The molecule has 0 unspecified atom stereocenters. The lowest BCUT2D eigenvalue weighted by molar-refractivity contribution is -0.153. The van der Waals surface area contributed by atoms with Crippen molar-refractivity contribution in [3.05, 3.63) is 75.3 Å². The third-order valence-electron chi connectivity index (χ3n) is 9.76. The van der Waals surface area contributed by atoms with Crippen LogP contribution < -0.4 is 10.1 Å². The third-order valence-corrected chi connectivity index (χ3v) is 10.5. The minimum atomic E-state index is -0.821. The van der Waals surface area contributed by atoms with E-state index in [0.717, 1.165) is 30.3 Å². The molecule has 0 radical (unpaired) electrons. The van der Waals surface area contributed by atoms with Crippen molar-refractivity contribution in [2.45, 2.75) is 50.0 Å². The molecular formula is C36H41Cl2N5O4. The Morgan fingerprint density at radius 1 is 1.09 bits per heavy atom. The summed E-state index contributed by atoms with van der Waals surface area (Å²) >= 11 is 12.7. The lowest BCUT2D eigenvalue weighted by Crippen LogP contribution is -2.65. The van der Waals surface area contributed by atoms with Gasteiger partial charge in [-0.05, 0) is 73.2 Å². The SMILES string of the molecule is CNC(=O)C1(N2CCCCC2=O)CCN(CC[C@H](CN(C)C(=O)c2c(OC)c(C#N)cc3ccccc23)c2ccc(Cl)c(Cl)c2)CC1. The van der Waals surface area contributed by atoms with E-state index in [1.54, 1.807) is 31.1 Å². The number of fused-ring (bicyclic) bond motifs is 1. The number of rotatable bonds is 10.